The van der Waals surface area contributed by atoms with Gasteiger partial charge < -0.3 is 5.11 Å². The van der Waals surface area contributed by atoms with Crippen LogP contribution in [0, 0.1) is 0 Å². The molecule has 0 aliphatic carbocycles. The molecule has 1 aliphatic rings. The van der Waals surface area contributed by atoms with E-state index in [2.05, 4.69) is 50.3 Å². The predicted molar refractivity (Wildman–Crippen MR) is 117 cm³/mol. The summed E-state index contributed by atoms with van der Waals surface area (Å²) in [5.41, 5.74) is 4.65. The molecule has 3 aromatic rings. The van der Waals surface area contributed by atoms with E-state index in [1.165, 1.54) is 11.1 Å². The molecule has 0 radical (unpaired) electrons. The molecule has 0 spiro atoms. The van der Waals surface area contributed by atoms with Gasteiger partial charge in [-0.05, 0) is 29.7 Å². The molecule has 0 bridgehead atoms. The van der Waals surface area contributed by atoms with Crippen LogP contribution >= 0.6 is 11.6 Å². The third-order valence-corrected chi connectivity index (χ3v) is 5.88. The van der Waals surface area contributed by atoms with Crippen LogP contribution in [-0.2, 0) is 13.1 Å². The molecular weight excluding hydrogens is 384 g/mol. The fraction of sp³-hybridized carbons (Fsp3) is 0.348. The normalized spacial score (nSPS) is 18.2. The van der Waals surface area contributed by atoms with Crippen molar-refractivity contribution in [2.75, 3.05) is 26.2 Å². The van der Waals surface area contributed by atoms with Crippen molar-refractivity contribution in [3.8, 4) is 11.3 Å². The third-order valence-electron chi connectivity index (χ3n) is 5.62. The Bertz CT molecular complexity index is 897. The van der Waals surface area contributed by atoms with E-state index in [4.69, 9.17) is 11.6 Å². The Kier molecular flexibility index (Phi) is 6.62. The lowest BCUT2D eigenvalue weighted by atomic mass is 10.0. The average molecular weight is 411 g/mol. The maximum absolute atomic E-state index is 9.59. The molecule has 2 N–H and O–H groups in total. The van der Waals surface area contributed by atoms with Gasteiger partial charge in [0.25, 0.3) is 0 Å². The lowest BCUT2D eigenvalue weighted by molar-refractivity contribution is 0.0500. The molecule has 5 nitrogen and oxygen atoms in total. The number of halogens is 1. The van der Waals surface area contributed by atoms with Crippen molar-refractivity contribution in [1.82, 2.24) is 20.0 Å². The van der Waals surface area contributed by atoms with Crippen molar-refractivity contribution in [3.05, 3.63) is 76.9 Å². The van der Waals surface area contributed by atoms with Gasteiger partial charge in [0.15, 0.2) is 0 Å². The summed E-state index contributed by atoms with van der Waals surface area (Å²) in [6.45, 7) is 4.93. The Hall–Kier alpha value is -2.18. The van der Waals surface area contributed by atoms with Crippen LogP contribution in [0.1, 0.15) is 17.5 Å². The zero-order chi connectivity index (χ0) is 20.1. The highest BCUT2D eigenvalue weighted by Crippen LogP contribution is 2.25. The number of benzene rings is 2. The van der Waals surface area contributed by atoms with Gasteiger partial charge in [-0.2, -0.15) is 5.10 Å². The molecule has 1 saturated heterocycles. The van der Waals surface area contributed by atoms with E-state index in [9.17, 15) is 5.11 Å². The van der Waals surface area contributed by atoms with Crippen molar-refractivity contribution in [1.29, 1.82) is 0 Å². The number of H-pyrrole nitrogens is 1. The molecule has 2 heterocycles. The van der Waals surface area contributed by atoms with E-state index >= 15 is 0 Å². The minimum Gasteiger partial charge on any atom is -0.396 e. The summed E-state index contributed by atoms with van der Waals surface area (Å²) < 4.78 is 0. The SMILES string of the molecule is OCCC1CN(Cc2cn[nH]c2-c2ccc(Cl)cc2)CCN1Cc1ccccc1. The van der Waals surface area contributed by atoms with E-state index in [-0.39, 0.29) is 6.61 Å². The number of aliphatic hydroxyl groups excluding tert-OH is 1. The molecule has 6 heteroatoms. The van der Waals surface area contributed by atoms with Gasteiger partial charge in [0, 0.05) is 56.0 Å². The van der Waals surface area contributed by atoms with Gasteiger partial charge in [-0.1, -0.05) is 54.1 Å². The van der Waals surface area contributed by atoms with Crippen LogP contribution in [-0.4, -0.2) is 57.4 Å². The number of aromatic nitrogens is 2. The maximum atomic E-state index is 9.59. The van der Waals surface area contributed by atoms with Crippen molar-refractivity contribution in [2.45, 2.75) is 25.6 Å². The van der Waals surface area contributed by atoms with Crippen molar-refractivity contribution in [3.63, 3.8) is 0 Å². The summed E-state index contributed by atoms with van der Waals surface area (Å²) in [7, 11) is 0. The van der Waals surface area contributed by atoms with Gasteiger partial charge in [0.2, 0.25) is 0 Å². The second-order valence-electron chi connectivity index (χ2n) is 7.63. The summed E-state index contributed by atoms with van der Waals surface area (Å²) in [6.07, 6.45) is 2.71. The van der Waals surface area contributed by atoms with Crippen LogP contribution in [0.25, 0.3) is 11.3 Å². The Labute approximate surface area is 176 Å². The number of hydrogen-bond acceptors (Lipinski definition) is 4. The van der Waals surface area contributed by atoms with Crippen LogP contribution in [0.2, 0.25) is 5.02 Å². The molecule has 4 rings (SSSR count). The lowest BCUT2D eigenvalue weighted by Crippen LogP contribution is -2.52. The zero-order valence-electron chi connectivity index (χ0n) is 16.5. The van der Waals surface area contributed by atoms with Crippen molar-refractivity contribution in [2.24, 2.45) is 0 Å². The Balaban J connectivity index is 1.43. The number of hydrogen-bond donors (Lipinski definition) is 2. The van der Waals surface area contributed by atoms with Crippen LogP contribution in [0.4, 0.5) is 0 Å². The molecule has 1 atom stereocenters. The molecule has 0 saturated carbocycles. The molecule has 152 valence electrons. The second-order valence-corrected chi connectivity index (χ2v) is 8.07. The van der Waals surface area contributed by atoms with E-state index < -0.39 is 0 Å². The number of rotatable bonds is 7. The largest absolute Gasteiger partial charge is 0.396 e. The highest BCUT2D eigenvalue weighted by molar-refractivity contribution is 6.30. The van der Waals surface area contributed by atoms with E-state index in [0.717, 1.165) is 55.4 Å². The Morgan fingerprint density at radius 3 is 2.59 bits per heavy atom. The van der Waals surface area contributed by atoms with Gasteiger partial charge >= 0.3 is 0 Å². The van der Waals surface area contributed by atoms with Gasteiger partial charge in [0.1, 0.15) is 0 Å². The van der Waals surface area contributed by atoms with E-state index in [1.807, 2.05) is 30.5 Å². The second kappa shape index (κ2) is 9.55. The third kappa shape index (κ3) is 5.06. The first-order valence-corrected chi connectivity index (χ1v) is 10.5. The molecule has 1 aromatic heterocycles. The molecule has 1 fully saturated rings. The Morgan fingerprint density at radius 1 is 1.03 bits per heavy atom. The standard InChI is InChI=1S/C23H27ClN4O/c24-21-8-6-19(7-9-21)23-20(14-25-26-23)16-27-11-12-28(22(17-27)10-13-29)15-18-4-2-1-3-5-18/h1-9,14,22,29H,10-13,15-17H2,(H,25,26). The first-order chi connectivity index (χ1) is 14.2. The summed E-state index contributed by atoms with van der Waals surface area (Å²) in [5.74, 6) is 0. The highest BCUT2D eigenvalue weighted by atomic mass is 35.5. The van der Waals surface area contributed by atoms with Crippen LogP contribution in [0.5, 0.6) is 0 Å². The number of nitrogens with zero attached hydrogens (tertiary/aromatic N) is 3. The fourth-order valence-electron chi connectivity index (χ4n) is 4.09. The first kappa shape index (κ1) is 20.1. The topological polar surface area (TPSA) is 55.4 Å². The van der Waals surface area contributed by atoms with Crippen molar-refractivity contribution < 1.29 is 5.11 Å². The highest BCUT2D eigenvalue weighted by Gasteiger charge is 2.27. The number of aromatic amines is 1. The quantitative estimate of drug-likeness (QED) is 0.622. The fourth-order valence-corrected chi connectivity index (χ4v) is 4.21. The summed E-state index contributed by atoms with van der Waals surface area (Å²) >= 11 is 6.03. The smallest absolute Gasteiger partial charge is 0.0695 e. The number of aliphatic hydroxyl groups is 1. The van der Waals surface area contributed by atoms with Gasteiger partial charge in [-0.25, -0.2) is 0 Å². The first-order valence-electron chi connectivity index (χ1n) is 10.1. The summed E-state index contributed by atoms with van der Waals surface area (Å²) in [4.78, 5) is 4.96. The minimum absolute atomic E-state index is 0.214. The molecule has 0 amide bonds. The van der Waals surface area contributed by atoms with Crippen LogP contribution < -0.4 is 0 Å². The van der Waals surface area contributed by atoms with Gasteiger partial charge in [-0.3, -0.25) is 14.9 Å². The zero-order valence-corrected chi connectivity index (χ0v) is 17.2. The van der Waals surface area contributed by atoms with Crippen molar-refractivity contribution >= 4 is 11.6 Å². The van der Waals surface area contributed by atoms with Gasteiger partial charge in [0.05, 0.1) is 11.9 Å². The molecular formula is C23H27ClN4O. The predicted octanol–water partition coefficient (Wildman–Crippen LogP) is 3.80. The van der Waals surface area contributed by atoms with Gasteiger partial charge in [-0.15, -0.1) is 0 Å². The molecule has 1 aliphatic heterocycles. The van der Waals surface area contributed by atoms with Crippen LogP contribution in [0.3, 0.4) is 0 Å². The average Bonchev–Trinajstić information content (AvgIpc) is 3.19. The maximum Gasteiger partial charge on any atom is 0.0695 e. The molecule has 29 heavy (non-hydrogen) atoms. The monoisotopic (exact) mass is 410 g/mol. The van der Waals surface area contributed by atoms with E-state index in [0.29, 0.717) is 6.04 Å². The van der Waals surface area contributed by atoms with Crippen LogP contribution in [0.15, 0.2) is 60.8 Å². The minimum atomic E-state index is 0.214. The Morgan fingerprint density at radius 2 is 1.83 bits per heavy atom. The lowest BCUT2D eigenvalue weighted by Gasteiger charge is -2.41. The van der Waals surface area contributed by atoms with E-state index in [1.54, 1.807) is 0 Å². The number of nitrogens with one attached hydrogen (secondary N) is 1. The molecule has 1 unspecified atom stereocenters. The summed E-state index contributed by atoms with van der Waals surface area (Å²) in [6, 6.07) is 18.8. The summed E-state index contributed by atoms with van der Waals surface area (Å²) in [5, 5.41) is 17.7. The number of piperazine rings is 1. The molecule has 2 aromatic carbocycles.